The molecular weight excluding hydrogens is 264 g/mol. The van der Waals surface area contributed by atoms with Gasteiger partial charge in [0.1, 0.15) is 5.82 Å². The van der Waals surface area contributed by atoms with E-state index in [1.54, 1.807) is 6.20 Å². The quantitative estimate of drug-likeness (QED) is 0.860. The predicted molar refractivity (Wildman–Crippen MR) is 83.6 cm³/mol. The minimum absolute atomic E-state index is 0.0101. The number of amides is 1. The second-order valence-corrected chi connectivity index (χ2v) is 5.97. The number of anilines is 1. The van der Waals surface area contributed by atoms with Gasteiger partial charge in [-0.3, -0.25) is 4.79 Å². The number of rotatable bonds is 5. The molecule has 1 amide bonds. The first kappa shape index (κ1) is 14.3. The van der Waals surface area contributed by atoms with Crippen molar-refractivity contribution < 1.29 is 4.79 Å². The Morgan fingerprint density at radius 2 is 2.29 bits per heavy atom. The molecule has 0 aliphatic carbocycles. The molecule has 0 saturated carbocycles. The number of hydrogen-bond donors (Lipinski definition) is 2. The summed E-state index contributed by atoms with van der Waals surface area (Å²) in [5.74, 6) is 1.56. The maximum absolute atomic E-state index is 12.4. The lowest BCUT2D eigenvalue weighted by atomic mass is 10.1. The number of hydrogen-bond acceptors (Lipinski definition) is 4. The second kappa shape index (κ2) is 6.89. The maximum atomic E-state index is 12.4. The molecule has 0 bridgehead atoms. The third-order valence-corrected chi connectivity index (χ3v) is 4.44. The maximum Gasteiger partial charge on any atom is 0.255 e. The van der Waals surface area contributed by atoms with E-state index >= 15 is 0 Å². The monoisotopic (exact) mass is 288 g/mol. The molecule has 21 heavy (non-hydrogen) atoms. The van der Waals surface area contributed by atoms with Gasteiger partial charge in [-0.2, -0.15) is 0 Å². The summed E-state index contributed by atoms with van der Waals surface area (Å²) in [4.78, 5) is 19.0. The molecule has 3 heterocycles. The average molecular weight is 288 g/mol. The van der Waals surface area contributed by atoms with Crippen LogP contribution >= 0.6 is 0 Å². The first-order chi connectivity index (χ1) is 10.3. The van der Waals surface area contributed by atoms with Crippen LogP contribution in [0.2, 0.25) is 0 Å². The zero-order valence-corrected chi connectivity index (χ0v) is 12.5. The van der Waals surface area contributed by atoms with Crippen LogP contribution in [-0.2, 0) is 0 Å². The zero-order valence-electron chi connectivity index (χ0n) is 12.5. The fraction of sp³-hybridized carbons (Fsp3) is 0.625. The Morgan fingerprint density at radius 3 is 3.05 bits per heavy atom. The zero-order chi connectivity index (χ0) is 14.5. The number of carbonyl (C=O) groups excluding carboxylic acids is 1. The largest absolute Gasteiger partial charge is 0.356 e. The van der Waals surface area contributed by atoms with Gasteiger partial charge in [0.25, 0.3) is 5.91 Å². The highest BCUT2D eigenvalue weighted by atomic mass is 16.1. The normalized spacial score (nSPS) is 21.7. The Hall–Kier alpha value is -1.62. The lowest BCUT2D eigenvalue weighted by molar-refractivity contribution is 0.0952. The van der Waals surface area contributed by atoms with E-state index in [2.05, 4.69) is 20.5 Å². The van der Waals surface area contributed by atoms with Gasteiger partial charge in [-0.25, -0.2) is 4.98 Å². The van der Waals surface area contributed by atoms with Gasteiger partial charge < -0.3 is 15.5 Å². The molecule has 2 fully saturated rings. The fourth-order valence-corrected chi connectivity index (χ4v) is 3.20. The molecule has 2 aliphatic heterocycles. The van der Waals surface area contributed by atoms with Crippen molar-refractivity contribution in [2.75, 3.05) is 37.6 Å². The van der Waals surface area contributed by atoms with Crippen LogP contribution in [-0.4, -0.2) is 43.6 Å². The van der Waals surface area contributed by atoms with Crippen molar-refractivity contribution in [1.29, 1.82) is 0 Å². The van der Waals surface area contributed by atoms with Gasteiger partial charge >= 0.3 is 0 Å². The van der Waals surface area contributed by atoms with Crippen LogP contribution in [0.3, 0.4) is 0 Å². The van der Waals surface area contributed by atoms with Crippen molar-refractivity contribution in [2.24, 2.45) is 5.92 Å². The highest BCUT2D eigenvalue weighted by molar-refractivity contribution is 5.98. The number of carbonyl (C=O) groups is 1. The Labute approximate surface area is 126 Å². The van der Waals surface area contributed by atoms with E-state index < -0.39 is 0 Å². The Kier molecular flexibility index (Phi) is 4.70. The van der Waals surface area contributed by atoms with Gasteiger partial charge in [0.05, 0.1) is 5.56 Å². The summed E-state index contributed by atoms with van der Waals surface area (Å²) in [5, 5.41) is 6.42. The number of aromatic nitrogens is 1. The van der Waals surface area contributed by atoms with E-state index in [1.807, 2.05) is 12.1 Å². The van der Waals surface area contributed by atoms with Crippen LogP contribution in [0, 0.1) is 5.92 Å². The van der Waals surface area contributed by atoms with Crippen molar-refractivity contribution in [3.63, 3.8) is 0 Å². The van der Waals surface area contributed by atoms with Crippen molar-refractivity contribution >= 4 is 11.7 Å². The van der Waals surface area contributed by atoms with Crippen LogP contribution < -0.4 is 15.5 Å². The van der Waals surface area contributed by atoms with Gasteiger partial charge in [0.2, 0.25) is 0 Å². The van der Waals surface area contributed by atoms with Gasteiger partial charge in [-0.15, -0.1) is 0 Å². The lowest BCUT2D eigenvalue weighted by Crippen LogP contribution is -2.29. The Balaban J connectivity index is 1.58. The minimum atomic E-state index is 0.0101. The van der Waals surface area contributed by atoms with Crippen molar-refractivity contribution in [3.05, 3.63) is 23.9 Å². The summed E-state index contributed by atoms with van der Waals surface area (Å²) in [6.07, 6.45) is 6.42. The van der Waals surface area contributed by atoms with Crippen LogP contribution in [0.5, 0.6) is 0 Å². The molecule has 1 unspecified atom stereocenters. The van der Waals surface area contributed by atoms with Crippen LogP contribution in [0.25, 0.3) is 0 Å². The van der Waals surface area contributed by atoms with Crippen molar-refractivity contribution in [2.45, 2.75) is 25.7 Å². The summed E-state index contributed by atoms with van der Waals surface area (Å²) in [6.45, 7) is 4.96. The van der Waals surface area contributed by atoms with E-state index in [-0.39, 0.29) is 5.91 Å². The smallest absolute Gasteiger partial charge is 0.255 e. The summed E-state index contributed by atoms with van der Waals surface area (Å²) in [6, 6.07) is 3.72. The fourth-order valence-electron chi connectivity index (χ4n) is 3.20. The van der Waals surface area contributed by atoms with E-state index in [0.717, 1.165) is 45.0 Å². The molecule has 0 radical (unpaired) electrons. The van der Waals surface area contributed by atoms with E-state index in [9.17, 15) is 4.79 Å². The third kappa shape index (κ3) is 3.53. The molecule has 114 valence electrons. The molecule has 1 atom stereocenters. The summed E-state index contributed by atoms with van der Waals surface area (Å²) in [7, 11) is 0. The van der Waals surface area contributed by atoms with E-state index in [1.165, 1.54) is 19.3 Å². The predicted octanol–water partition coefficient (Wildman–Crippen LogP) is 1.41. The first-order valence-corrected chi connectivity index (χ1v) is 8.03. The molecule has 2 saturated heterocycles. The highest BCUT2D eigenvalue weighted by Crippen LogP contribution is 2.21. The van der Waals surface area contributed by atoms with Gasteiger partial charge in [0.15, 0.2) is 0 Å². The van der Waals surface area contributed by atoms with Gasteiger partial charge in [0, 0.05) is 25.8 Å². The van der Waals surface area contributed by atoms with Crippen molar-refractivity contribution in [3.8, 4) is 0 Å². The molecule has 2 N–H and O–H groups in total. The second-order valence-electron chi connectivity index (χ2n) is 5.97. The molecule has 1 aromatic rings. The Morgan fingerprint density at radius 1 is 1.43 bits per heavy atom. The van der Waals surface area contributed by atoms with Gasteiger partial charge in [-0.05, 0) is 56.8 Å². The average Bonchev–Trinajstić information content (AvgIpc) is 3.20. The molecule has 0 aromatic carbocycles. The van der Waals surface area contributed by atoms with E-state index in [0.29, 0.717) is 11.5 Å². The molecule has 5 heteroatoms. The SMILES string of the molecule is O=C(NCCC1CCNC1)c1cccnc1N1CCCC1. The first-order valence-electron chi connectivity index (χ1n) is 8.03. The molecule has 0 spiro atoms. The van der Waals surface area contributed by atoms with Crippen molar-refractivity contribution in [1.82, 2.24) is 15.6 Å². The molecule has 3 rings (SSSR count). The summed E-state index contributed by atoms with van der Waals surface area (Å²) in [5.41, 5.74) is 0.712. The minimum Gasteiger partial charge on any atom is -0.356 e. The molecule has 1 aromatic heterocycles. The third-order valence-electron chi connectivity index (χ3n) is 4.44. The summed E-state index contributed by atoms with van der Waals surface area (Å²) >= 11 is 0. The highest BCUT2D eigenvalue weighted by Gasteiger charge is 2.20. The topological polar surface area (TPSA) is 57.3 Å². The van der Waals surface area contributed by atoms with Crippen LogP contribution in [0.4, 0.5) is 5.82 Å². The molecular formula is C16H24N4O. The number of nitrogens with zero attached hydrogens (tertiary/aromatic N) is 2. The standard InChI is InChI=1S/C16H24N4O/c21-16(19-9-6-13-5-8-17-12-13)14-4-3-7-18-15(14)20-10-1-2-11-20/h3-4,7,13,17H,1-2,5-6,8-12H2,(H,19,21). The molecule has 5 nitrogen and oxygen atoms in total. The van der Waals surface area contributed by atoms with Crippen LogP contribution in [0.15, 0.2) is 18.3 Å². The number of nitrogens with one attached hydrogen (secondary N) is 2. The van der Waals surface area contributed by atoms with Crippen LogP contribution in [0.1, 0.15) is 36.0 Å². The molecule has 2 aliphatic rings. The lowest BCUT2D eigenvalue weighted by Gasteiger charge is -2.19. The number of pyridine rings is 1. The summed E-state index contributed by atoms with van der Waals surface area (Å²) < 4.78 is 0. The van der Waals surface area contributed by atoms with E-state index in [4.69, 9.17) is 0 Å². The Bertz CT molecular complexity index is 479. The van der Waals surface area contributed by atoms with Gasteiger partial charge in [-0.1, -0.05) is 0 Å².